The molecule has 0 radical (unpaired) electrons. The highest BCUT2D eigenvalue weighted by Crippen LogP contribution is 2.28. The van der Waals surface area contributed by atoms with E-state index in [0.29, 0.717) is 13.1 Å². The predicted octanol–water partition coefficient (Wildman–Crippen LogP) is 1.58. The van der Waals surface area contributed by atoms with Gasteiger partial charge in [0, 0.05) is 19.1 Å². The van der Waals surface area contributed by atoms with Crippen LogP contribution in [-0.4, -0.2) is 38.9 Å². The van der Waals surface area contributed by atoms with E-state index in [2.05, 4.69) is 5.32 Å². The van der Waals surface area contributed by atoms with Crippen LogP contribution in [0.5, 0.6) is 0 Å². The van der Waals surface area contributed by atoms with Gasteiger partial charge in [-0.25, -0.2) is 8.42 Å². The van der Waals surface area contributed by atoms with E-state index in [1.165, 1.54) is 22.5 Å². The topological polar surface area (TPSA) is 73.2 Å². The molecule has 1 aromatic carbocycles. The molecule has 1 unspecified atom stereocenters. The molecule has 0 saturated carbocycles. The number of hydrogen-bond donors (Lipinski definition) is 1. The van der Waals surface area contributed by atoms with Gasteiger partial charge in [0.25, 0.3) is 0 Å². The minimum absolute atomic E-state index is 0.0283. The monoisotopic (exact) mass is 313 g/mol. The minimum atomic E-state index is -3.56. The summed E-state index contributed by atoms with van der Waals surface area (Å²) in [5, 5.41) is 12.0. The maximum atomic E-state index is 12.6. The molecule has 108 valence electrons. The lowest BCUT2D eigenvalue weighted by atomic mass is 10.2. The van der Waals surface area contributed by atoms with Crippen molar-refractivity contribution in [2.45, 2.75) is 23.8 Å². The lowest BCUT2D eigenvalue weighted by Crippen LogP contribution is -2.40. The highest BCUT2D eigenvalue weighted by atomic mass is 35.5. The molecule has 0 amide bonds. The van der Waals surface area contributed by atoms with E-state index in [9.17, 15) is 8.42 Å². The Morgan fingerprint density at radius 1 is 1.55 bits per heavy atom. The quantitative estimate of drug-likeness (QED) is 0.916. The van der Waals surface area contributed by atoms with Crippen LogP contribution in [0.2, 0.25) is 5.02 Å². The third kappa shape index (κ3) is 2.81. The molecule has 1 fully saturated rings. The zero-order chi connectivity index (χ0) is 14.8. The summed E-state index contributed by atoms with van der Waals surface area (Å²) in [4.78, 5) is 0.143. The average Bonchev–Trinajstić information content (AvgIpc) is 2.88. The maximum Gasteiger partial charge on any atom is 0.243 e. The van der Waals surface area contributed by atoms with Crippen molar-refractivity contribution < 1.29 is 8.42 Å². The van der Waals surface area contributed by atoms with Crippen LogP contribution >= 0.6 is 11.6 Å². The van der Waals surface area contributed by atoms with Gasteiger partial charge in [0.1, 0.15) is 6.07 Å². The number of benzene rings is 1. The molecule has 0 aliphatic carbocycles. The van der Waals surface area contributed by atoms with Crippen LogP contribution in [0, 0.1) is 11.3 Å². The van der Waals surface area contributed by atoms with E-state index in [1.54, 1.807) is 0 Å². The summed E-state index contributed by atoms with van der Waals surface area (Å²) in [7, 11) is -1.75. The van der Waals surface area contributed by atoms with Crippen molar-refractivity contribution in [1.29, 1.82) is 5.26 Å². The molecule has 0 spiro atoms. The number of halogens is 1. The van der Waals surface area contributed by atoms with Crippen molar-refractivity contribution in [3.05, 3.63) is 28.8 Å². The van der Waals surface area contributed by atoms with Crippen LogP contribution in [0.25, 0.3) is 0 Å². The Morgan fingerprint density at radius 2 is 2.30 bits per heavy atom. The molecule has 1 aliphatic rings. The van der Waals surface area contributed by atoms with Crippen LogP contribution in [0.15, 0.2) is 23.1 Å². The number of nitriles is 1. The zero-order valence-electron chi connectivity index (χ0n) is 11.1. The van der Waals surface area contributed by atoms with E-state index >= 15 is 0 Å². The lowest BCUT2D eigenvalue weighted by Gasteiger charge is -2.24. The summed E-state index contributed by atoms with van der Waals surface area (Å²) < 4.78 is 26.8. The van der Waals surface area contributed by atoms with E-state index in [-0.39, 0.29) is 21.5 Å². The molecule has 5 nitrogen and oxygen atoms in total. The van der Waals surface area contributed by atoms with Crippen molar-refractivity contribution in [2.24, 2.45) is 0 Å². The van der Waals surface area contributed by atoms with E-state index in [4.69, 9.17) is 16.9 Å². The Bertz CT molecular complexity index is 640. The van der Waals surface area contributed by atoms with E-state index < -0.39 is 10.0 Å². The molecule has 1 atom stereocenters. The van der Waals surface area contributed by atoms with Gasteiger partial charge in [0.2, 0.25) is 10.0 Å². The third-order valence-electron chi connectivity index (χ3n) is 3.43. The van der Waals surface area contributed by atoms with Crippen molar-refractivity contribution in [2.75, 3.05) is 20.1 Å². The van der Waals surface area contributed by atoms with Gasteiger partial charge in [-0.05, 0) is 38.1 Å². The molecule has 2 rings (SSSR count). The molecular weight excluding hydrogens is 298 g/mol. The van der Waals surface area contributed by atoms with Gasteiger partial charge in [-0.15, -0.1) is 0 Å². The Hall–Kier alpha value is -1.13. The Morgan fingerprint density at radius 3 is 2.90 bits per heavy atom. The van der Waals surface area contributed by atoms with Crippen LogP contribution in [-0.2, 0) is 10.0 Å². The molecule has 1 aliphatic heterocycles. The standard InChI is InChI=1S/C13H16ClN3O2S/c1-16-9-11-3-2-6-17(11)20(18,19)12-5-4-10(8-15)13(14)7-12/h4-5,7,11,16H,2-3,6,9H2,1H3. The molecule has 1 N–H and O–H groups in total. The Balaban J connectivity index is 2.35. The lowest BCUT2D eigenvalue weighted by molar-refractivity contribution is 0.379. The fourth-order valence-corrected chi connectivity index (χ4v) is 4.45. The second-order valence-corrected chi connectivity index (χ2v) is 7.02. The fraction of sp³-hybridized carbons (Fsp3) is 0.462. The first-order valence-electron chi connectivity index (χ1n) is 6.37. The second kappa shape index (κ2) is 6.10. The third-order valence-corrected chi connectivity index (χ3v) is 5.69. The number of nitrogens with one attached hydrogen (secondary N) is 1. The van der Waals surface area contributed by atoms with Crippen LogP contribution in [0.3, 0.4) is 0 Å². The van der Waals surface area contributed by atoms with Gasteiger partial charge in [-0.3, -0.25) is 0 Å². The SMILES string of the molecule is CNCC1CCCN1S(=O)(=O)c1ccc(C#N)c(Cl)c1. The van der Waals surface area contributed by atoms with Crippen molar-refractivity contribution >= 4 is 21.6 Å². The summed E-state index contributed by atoms with van der Waals surface area (Å²) in [6.07, 6.45) is 1.71. The molecule has 7 heteroatoms. The van der Waals surface area contributed by atoms with Gasteiger partial charge in [0.05, 0.1) is 15.5 Å². The molecular formula is C13H16ClN3O2S. The smallest absolute Gasteiger partial charge is 0.243 e. The number of nitrogens with zero attached hydrogens (tertiary/aromatic N) is 2. The minimum Gasteiger partial charge on any atom is -0.318 e. The maximum absolute atomic E-state index is 12.6. The summed E-state index contributed by atoms with van der Waals surface area (Å²) in [5.74, 6) is 0. The van der Waals surface area contributed by atoms with Crippen molar-refractivity contribution in [3.8, 4) is 6.07 Å². The molecule has 20 heavy (non-hydrogen) atoms. The van der Waals surface area contributed by atoms with Crippen molar-refractivity contribution in [3.63, 3.8) is 0 Å². The Labute approximate surface area is 124 Å². The summed E-state index contributed by atoms with van der Waals surface area (Å²) in [6.45, 7) is 1.15. The van der Waals surface area contributed by atoms with Gasteiger partial charge in [-0.2, -0.15) is 9.57 Å². The van der Waals surface area contributed by atoms with Crippen LogP contribution < -0.4 is 5.32 Å². The average molecular weight is 314 g/mol. The van der Waals surface area contributed by atoms with Crippen LogP contribution in [0.4, 0.5) is 0 Å². The first kappa shape index (κ1) is 15.3. The molecule has 0 aromatic heterocycles. The second-order valence-electron chi connectivity index (χ2n) is 4.72. The largest absolute Gasteiger partial charge is 0.318 e. The zero-order valence-corrected chi connectivity index (χ0v) is 12.7. The molecule has 1 aromatic rings. The summed E-state index contributed by atoms with van der Waals surface area (Å²) >= 11 is 5.92. The number of likely N-dealkylation sites (N-methyl/N-ethyl adjacent to an activating group) is 1. The highest BCUT2D eigenvalue weighted by molar-refractivity contribution is 7.89. The van der Waals surface area contributed by atoms with Crippen LogP contribution in [0.1, 0.15) is 18.4 Å². The number of sulfonamides is 1. The number of rotatable bonds is 4. The summed E-state index contributed by atoms with van der Waals surface area (Å²) in [6, 6.07) is 6.13. The van der Waals surface area contributed by atoms with Gasteiger partial charge < -0.3 is 5.32 Å². The molecule has 1 heterocycles. The molecule has 1 saturated heterocycles. The van der Waals surface area contributed by atoms with E-state index in [1.807, 2.05) is 13.1 Å². The normalized spacial score (nSPS) is 19.9. The predicted molar refractivity (Wildman–Crippen MR) is 77.0 cm³/mol. The van der Waals surface area contributed by atoms with Gasteiger partial charge >= 0.3 is 0 Å². The number of hydrogen-bond acceptors (Lipinski definition) is 4. The first-order valence-corrected chi connectivity index (χ1v) is 8.18. The van der Waals surface area contributed by atoms with Gasteiger partial charge in [-0.1, -0.05) is 11.6 Å². The highest BCUT2D eigenvalue weighted by Gasteiger charge is 2.34. The van der Waals surface area contributed by atoms with Gasteiger partial charge in [0.15, 0.2) is 0 Å². The van der Waals surface area contributed by atoms with Crippen molar-refractivity contribution in [1.82, 2.24) is 9.62 Å². The summed E-state index contributed by atoms with van der Waals surface area (Å²) in [5.41, 5.74) is 0.277. The fourth-order valence-electron chi connectivity index (χ4n) is 2.45. The Kier molecular flexibility index (Phi) is 4.66. The molecule has 0 bridgehead atoms. The van der Waals surface area contributed by atoms with E-state index in [0.717, 1.165) is 12.8 Å². The first-order chi connectivity index (χ1) is 9.50.